The fourth-order valence-electron chi connectivity index (χ4n) is 1.53. The number of rotatable bonds is 0. The molecule has 2 unspecified atom stereocenters. The highest BCUT2D eigenvalue weighted by Gasteiger charge is 2.25. The van der Waals surface area contributed by atoms with Gasteiger partial charge in [0, 0.05) is 19.5 Å². The van der Waals surface area contributed by atoms with Crippen LogP contribution in [0.5, 0.6) is 0 Å². The van der Waals surface area contributed by atoms with E-state index in [2.05, 4.69) is 0 Å². The molecule has 64 valence electrons. The summed E-state index contributed by atoms with van der Waals surface area (Å²) in [5, 5.41) is 9.25. The summed E-state index contributed by atoms with van der Waals surface area (Å²) in [6.07, 6.45) is 1.43. The fraction of sp³-hybridized carbons (Fsp3) is 0.875. The van der Waals surface area contributed by atoms with Crippen LogP contribution in [0, 0.1) is 0 Å². The van der Waals surface area contributed by atoms with Gasteiger partial charge in [-0.15, -0.1) is 0 Å². The van der Waals surface area contributed by atoms with E-state index in [0.29, 0.717) is 12.6 Å². The highest BCUT2D eigenvalue weighted by Crippen LogP contribution is 2.16. The molecule has 1 amide bonds. The third-order valence-electron chi connectivity index (χ3n) is 2.26. The first-order valence-corrected chi connectivity index (χ1v) is 4.06. The minimum absolute atomic E-state index is 0.0660. The maximum atomic E-state index is 11.0. The average Bonchev–Trinajstić information content (AvgIpc) is 1.94. The van der Waals surface area contributed by atoms with Crippen molar-refractivity contribution in [2.24, 2.45) is 0 Å². The quantitative estimate of drug-likeness (QED) is 0.552. The molecule has 0 aromatic rings. The van der Waals surface area contributed by atoms with Gasteiger partial charge in [0.25, 0.3) is 0 Å². The monoisotopic (exact) mass is 157 g/mol. The van der Waals surface area contributed by atoms with Crippen LogP contribution in [0.2, 0.25) is 0 Å². The van der Waals surface area contributed by atoms with Gasteiger partial charge in [-0.2, -0.15) is 0 Å². The van der Waals surface area contributed by atoms with Crippen LogP contribution in [0.1, 0.15) is 26.7 Å². The van der Waals surface area contributed by atoms with Crippen LogP contribution in [0.15, 0.2) is 0 Å². The number of β-amino-alcohol motifs (C(OH)–C–C–N with tert-alkyl or cyclic N) is 1. The lowest BCUT2D eigenvalue weighted by atomic mass is 10.0. The highest BCUT2D eigenvalue weighted by atomic mass is 16.3. The second-order valence-corrected chi connectivity index (χ2v) is 3.25. The predicted molar refractivity (Wildman–Crippen MR) is 42.1 cm³/mol. The Labute approximate surface area is 67.0 Å². The van der Waals surface area contributed by atoms with Crippen LogP contribution < -0.4 is 0 Å². The van der Waals surface area contributed by atoms with E-state index in [9.17, 15) is 9.90 Å². The van der Waals surface area contributed by atoms with Gasteiger partial charge in [0.05, 0.1) is 6.10 Å². The van der Waals surface area contributed by atoms with Gasteiger partial charge < -0.3 is 10.0 Å². The van der Waals surface area contributed by atoms with Crippen molar-refractivity contribution in [3.63, 3.8) is 0 Å². The Balaban J connectivity index is 2.54. The number of amides is 1. The first kappa shape index (κ1) is 8.53. The van der Waals surface area contributed by atoms with Crippen molar-refractivity contribution in [1.29, 1.82) is 0 Å². The van der Waals surface area contributed by atoms with E-state index in [-0.39, 0.29) is 12.0 Å². The van der Waals surface area contributed by atoms with E-state index in [4.69, 9.17) is 0 Å². The van der Waals surface area contributed by atoms with Crippen LogP contribution in [-0.2, 0) is 4.79 Å². The number of hydrogen-bond acceptors (Lipinski definition) is 2. The molecule has 11 heavy (non-hydrogen) atoms. The first-order valence-electron chi connectivity index (χ1n) is 4.06. The summed E-state index contributed by atoms with van der Waals surface area (Å²) in [6.45, 7) is 4.08. The molecule has 3 heteroatoms. The van der Waals surface area contributed by atoms with E-state index >= 15 is 0 Å². The summed E-state index contributed by atoms with van der Waals surface area (Å²) in [5.41, 5.74) is 0. The van der Waals surface area contributed by atoms with Crippen molar-refractivity contribution in [2.75, 3.05) is 6.54 Å². The minimum Gasteiger partial charge on any atom is -0.391 e. The number of carbonyl (C=O) groups is 1. The van der Waals surface area contributed by atoms with Crippen molar-refractivity contribution in [3.05, 3.63) is 0 Å². The van der Waals surface area contributed by atoms with Gasteiger partial charge in [0.15, 0.2) is 0 Å². The van der Waals surface area contributed by atoms with Crippen LogP contribution in [0.25, 0.3) is 0 Å². The second kappa shape index (κ2) is 3.22. The summed E-state index contributed by atoms with van der Waals surface area (Å²) in [4.78, 5) is 12.7. The van der Waals surface area contributed by atoms with Crippen LogP contribution in [0.4, 0.5) is 0 Å². The van der Waals surface area contributed by atoms with Gasteiger partial charge >= 0.3 is 0 Å². The summed E-state index contributed by atoms with van der Waals surface area (Å²) in [5.74, 6) is 0.0660. The van der Waals surface area contributed by atoms with Gasteiger partial charge in [-0.25, -0.2) is 0 Å². The number of nitrogens with zero attached hydrogens (tertiary/aromatic N) is 1. The lowest BCUT2D eigenvalue weighted by Crippen LogP contribution is -2.46. The van der Waals surface area contributed by atoms with E-state index in [1.54, 1.807) is 11.8 Å². The molecule has 2 atom stereocenters. The SMILES string of the molecule is CC(=O)N1CC(O)CCC1C. The molecular weight excluding hydrogens is 142 g/mol. The molecule has 0 bridgehead atoms. The summed E-state index contributed by atoms with van der Waals surface area (Å²) in [7, 11) is 0. The van der Waals surface area contributed by atoms with Crippen molar-refractivity contribution in [2.45, 2.75) is 38.8 Å². The third-order valence-corrected chi connectivity index (χ3v) is 2.26. The van der Waals surface area contributed by atoms with E-state index in [1.165, 1.54) is 0 Å². The fourth-order valence-corrected chi connectivity index (χ4v) is 1.53. The smallest absolute Gasteiger partial charge is 0.219 e. The molecule has 0 aromatic carbocycles. The second-order valence-electron chi connectivity index (χ2n) is 3.25. The van der Waals surface area contributed by atoms with Gasteiger partial charge in [0.1, 0.15) is 0 Å². The summed E-state index contributed by atoms with van der Waals surface area (Å²) < 4.78 is 0. The first-order chi connectivity index (χ1) is 5.11. The van der Waals surface area contributed by atoms with Gasteiger partial charge in [-0.3, -0.25) is 4.79 Å². The molecule has 0 saturated carbocycles. The van der Waals surface area contributed by atoms with Crippen molar-refractivity contribution < 1.29 is 9.90 Å². The zero-order valence-electron chi connectivity index (χ0n) is 7.08. The molecule has 0 aliphatic carbocycles. The van der Waals surface area contributed by atoms with E-state index < -0.39 is 0 Å². The number of piperidine rings is 1. The zero-order chi connectivity index (χ0) is 8.43. The number of aliphatic hydroxyl groups is 1. The molecular formula is C8H15NO2. The maximum absolute atomic E-state index is 11.0. The standard InChI is InChI=1S/C8H15NO2/c1-6-3-4-8(11)5-9(6)7(2)10/h6,8,11H,3-5H2,1-2H3. The number of hydrogen-bond donors (Lipinski definition) is 1. The Morgan fingerprint density at radius 2 is 2.18 bits per heavy atom. The Hall–Kier alpha value is -0.570. The minimum atomic E-state index is -0.310. The lowest BCUT2D eigenvalue weighted by molar-refractivity contribution is -0.134. The molecule has 1 aliphatic heterocycles. The molecule has 0 aromatic heterocycles. The molecule has 3 nitrogen and oxygen atoms in total. The Morgan fingerprint density at radius 1 is 1.55 bits per heavy atom. The molecule has 1 saturated heterocycles. The van der Waals surface area contributed by atoms with Gasteiger partial charge in [0.2, 0.25) is 5.91 Å². The topological polar surface area (TPSA) is 40.5 Å². The number of carbonyl (C=O) groups excluding carboxylic acids is 1. The maximum Gasteiger partial charge on any atom is 0.219 e. The number of aliphatic hydroxyl groups excluding tert-OH is 1. The van der Waals surface area contributed by atoms with Crippen LogP contribution in [-0.4, -0.2) is 34.6 Å². The van der Waals surface area contributed by atoms with E-state index in [0.717, 1.165) is 12.8 Å². The normalized spacial score (nSPS) is 32.1. The Bertz CT molecular complexity index is 158. The largest absolute Gasteiger partial charge is 0.391 e. The highest BCUT2D eigenvalue weighted by molar-refractivity contribution is 5.73. The summed E-state index contributed by atoms with van der Waals surface area (Å²) >= 11 is 0. The van der Waals surface area contributed by atoms with Gasteiger partial charge in [-0.05, 0) is 19.8 Å². The van der Waals surface area contributed by atoms with Gasteiger partial charge in [-0.1, -0.05) is 0 Å². The Morgan fingerprint density at radius 3 is 2.64 bits per heavy atom. The average molecular weight is 157 g/mol. The van der Waals surface area contributed by atoms with Crippen molar-refractivity contribution in [1.82, 2.24) is 4.90 Å². The molecule has 0 spiro atoms. The Kier molecular flexibility index (Phi) is 2.49. The molecule has 1 aliphatic rings. The summed E-state index contributed by atoms with van der Waals surface area (Å²) in [6, 6.07) is 0.302. The predicted octanol–water partition coefficient (Wildman–Crippen LogP) is 0.378. The van der Waals surface area contributed by atoms with E-state index in [1.807, 2.05) is 6.92 Å². The van der Waals surface area contributed by atoms with Crippen molar-refractivity contribution >= 4 is 5.91 Å². The van der Waals surface area contributed by atoms with Crippen LogP contribution >= 0.6 is 0 Å². The molecule has 1 rings (SSSR count). The molecule has 1 fully saturated rings. The molecule has 1 N–H and O–H groups in total. The zero-order valence-corrected chi connectivity index (χ0v) is 7.08. The number of likely N-dealkylation sites (tertiary alicyclic amines) is 1. The van der Waals surface area contributed by atoms with Crippen molar-refractivity contribution in [3.8, 4) is 0 Å². The molecule has 0 radical (unpaired) electrons. The molecule has 1 heterocycles. The third kappa shape index (κ3) is 1.93. The lowest BCUT2D eigenvalue weighted by Gasteiger charge is -2.35. The van der Waals surface area contributed by atoms with Crippen LogP contribution in [0.3, 0.4) is 0 Å².